The Kier molecular flexibility index (Phi) is 4.88. The molecule has 6 rings (SSSR count). The summed E-state index contributed by atoms with van der Waals surface area (Å²) in [4.78, 5) is 24.4. The molecule has 2 N–H and O–H groups in total. The van der Waals surface area contributed by atoms with Crippen LogP contribution in [0.4, 0.5) is 0 Å². The van der Waals surface area contributed by atoms with Crippen molar-refractivity contribution in [1.82, 2.24) is 9.88 Å². The fourth-order valence-electron chi connectivity index (χ4n) is 5.77. The van der Waals surface area contributed by atoms with Gasteiger partial charge in [0.15, 0.2) is 7.05 Å². The molecule has 1 aliphatic heterocycles. The predicted octanol–water partition coefficient (Wildman–Crippen LogP) is 4.01. The van der Waals surface area contributed by atoms with Gasteiger partial charge in [0.1, 0.15) is 0 Å². The topological polar surface area (TPSA) is 83.6 Å². The van der Waals surface area contributed by atoms with Gasteiger partial charge in [0.2, 0.25) is 6.21 Å². The Morgan fingerprint density at radius 1 is 1.20 bits per heavy atom. The SMILES string of the molecule is CC(=O)OCCCn1c2ccc(/C=[N+](\C)O)cc2c2c3c(c4c(c21)Cc1ccccc1-4)C(=O)NC3. The molecule has 176 valence electrons. The molecule has 7 heteroatoms. The average Bonchev–Trinajstić information content (AvgIpc) is 3.47. The first-order valence-electron chi connectivity index (χ1n) is 11.8. The van der Waals surface area contributed by atoms with Crippen LogP contribution < -0.4 is 5.32 Å². The van der Waals surface area contributed by atoms with Gasteiger partial charge in [-0.05, 0) is 51.6 Å². The number of rotatable bonds is 5. The summed E-state index contributed by atoms with van der Waals surface area (Å²) in [6.45, 7) is 2.94. The average molecular weight is 469 g/mol. The van der Waals surface area contributed by atoms with Crippen LogP contribution in [-0.2, 0) is 29.0 Å². The van der Waals surface area contributed by atoms with E-state index in [9.17, 15) is 14.8 Å². The van der Waals surface area contributed by atoms with E-state index >= 15 is 0 Å². The number of fused-ring (bicyclic) bond motifs is 10. The Morgan fingerprint density at radius 2 is 2.03 bits per heavy atom. The third-order valence-electron chi connectivity index (χ3n) is 7.00. The number of hydrogen-bond acceptors (Lipinski definition) is 4. The Bertz CT molecular complexity index is 1590. The van der Waals surface area contributed by atoms with Crippen molar-refractivity contribution in [3.05, 3.63) is 70.3 Å². The first kappa shape index (κ1) is 21.4. The van der Waals surface area contributed by atoms with Crippen LogP contribution in [0, 0.1) is 0 Å². The molecule has 3 aromatic carbocycles. The van der Waals surface area contributed by atoms with E-state index in [0.29, 0.717) is 26.1 Å². The van der Waals surface area contributed by atoms with Crippen LogP contribution >= 0.6 is 0 Å². The molecule has 2 aliphatic rings. The van der Waals surface area contributed by atoms with Gasteiger partial charge in [0, 0.05) is 53.9 Å². The number of hydrogen-bond donors (Lipinski definition) is 2. The highest BCUT2D eigenvalue weighted by Crippen LogP contribution is 2.48. The second kappa shape index (κ2) is 7.98. The van der Waals surface area contributed by atoms with Crippen LogP contribution in [0.15, 0.2) is 42.5 Å². The highest BCUT2D eigenvalue weighted by molar-refractivity contribution is 6.20. The van der Waals surface area contributed by atoms with E-state index < -0.39 is 0 Å². The molecule has 1 aromatic heterocycles. The molecular formula is C28H26N3O4+. The summed E-state index contributed by atoms with van der Waals surface area (Å²) >= 11 is 0. The standard InChI is InChI=1S/C28H25N3O4/c1-16(32)35-11-5-10-31-23-9-8-17(15-30(2)34)12-20(23)25-22-14-29-28(33)26(22)24-19-7-4-3-6-18(19)13-21(24)27(25)31/h3-4,6-9,12,15H,5,10-11,13-14H2,1-2H3,(H-,29,33,34)/p+1. The highest BCUT2D eigenvalue weighted by Gasteiger charge is 2.35. The number of amides is 1. The van der Waals surface area contributed by atoms with Gasteiger partial charge in [0.25, 0.3) is 5.91 Å². The van der Waals surface area contributed by atoms with Crippen LogP contribution in [0.1, 0.15) is 46.0 Å². The van der Waals surface area contributed by atoms with Gasteiger partial charge < -0.3 is 14.6 Å². The van der Waals surface area contributed by atoms with Crippen molar-refractivity contribution in [3.8, 4) is 11.1 Å². The lowest BCUT2D eigenvalue weighted by molar-refractivity contribution is -0.750. The number of hydroxylamine groups is 1. The van der Waals surface area contributed by atoms with Crippen molar-refractivity contribution < 1.29 is 24.3 Å². The lowest BCUT2D eigenvalue weighted by atomic mass is 9.92. The van der Waals surface area contributed by atoms with E-state index in [1.165, 1.54) is 18.1 Å². The van der Waals surface area contributed by atoms with Gasteiger partial charge in [-0.15, -0.1) is 0 Å². The maximum atomic E-state index is 13.1. The molecule has 0 radical (unpaired) electrons. The molecule has 0 saturated carbocycles. The highest BCUT2D eigenvalue weighted by atomic mass is 16.5. The van der Waals surface area contributed by atoms with Crippen molar-refractivity contribution in [3.63, 3.8) is 0 Å². The maximum absolute atomic E-state index is 13.1. The summed E-state index contributed by atoms with van der Waals surface area (Å²) in [6.07, 6.45) is 3.11. The molecule has 0 atom stereocenters. The Morgan fingerprint density at radius 3 is 2.83 bits per heavy atom. The first-order chi connectivity index (χ1) is 16.9. The molecule has 1 aliphatic carbocycles. The lowest BCUT2D eigenvalue weighted by Crippen LogP contribution is -2.13. The molecule has 0 saturated heterocycles. The van der Waals surface area contributed by atoms with Crippen molar-refractivity contribution in [1.29, 1.82) is 0 Å². The van der Waals surface area contributed by atoms with Crippen molar-refractivity contribution in [2.45, 2.75) is 32.9 Å². The third-order valence-corrected chi connectivity index (χ3v) is 7.00. The molecule has 2 heterocycles. The number of carbonyl (C=O) groups is 2. The minimum absolute atomic E-state index is 0.0246. The van der Waals surface area contributed by atoms with Gasteiger partial charge in [0.05, 0.1) is 17.7 Å². The van der Waals surface area contributed by atoms with Crippen molar-refractivity contribution >= 4 is 39.9 Å². The summed E-state index contributed by atoms with van der Waals surface area (Å²) in [7, 11) is 1.58. The molecule has 0 unspecified atom stereocenters. The minimum Gasteiger partial charge on any atom is -0.466 e. The summed E-state index contributed by atoms with van der Waals surface area (Å²) in [6, 6.07) is 14.4. The smallest absolute Gasteiger partial charge is 0.302 e. The monoisotopic (exact) mass is 468 g/mol. The largest absolute Gasteiger partial charge is 0.466 e. The Labute approximate surface area is 202 Å². The van der Waals surface area contributed by atoms with Gasteiger partial charge in [-0.1, -0.05) is 24.3 Å². The molecule has 1 amide bonds. The van der Waals surface area contributed by atoms with E-state index in [4.69, 9.17) is 4.74 Å². The van der Waals surface area contributed by atoms with Gasteiger partial charge in [-0.3, -0.25) is 14.8 Å². The number of nitrogens with zero attached hydrogens (tertiary/aromatic N) is 2. The summed E-state index contributed by atoms with van der Waals surface area (Å²) in [5.41, 5.74) is 9.45. The summed E-state index contributed by atoms with van der Waals surface area (Å²) in [5, 5.41) is 15.0. The van der Waals surface area contributed by atoms with Crippen LogP contribution in [0.2, 0.25) is 0 Å². The fourth-order valence-corrected chi connectivity index (χ4v) is 5.77. The van der Waals surface area contributed by atoms with E-state index in [0.717, 1.165) is 60.8 Å². The molecule has 35 heavy (non-hydrogen) atoms. The lowest BCUT2D eigenvalue weighted by Gasteiger charge is -2.13. The normalized spacial score (nSPS) is 14.2. The van der Waals surface area contributed by atoms with Crippen molar-refractivity contribution in [2.24, 2.45) is 0 Å². The summed E-state index contributed by atoms with van der Waals surface area (Å²) in [5.74, 6) is -0.303. The van der Waals surface area contributed by atoms with Crippen molar-refractivity contribution in [2.75, 3.05) is 13.7 Å². The number of nitrogens with one attached hydrogen (secondary N) is 1. The quantitative estimate of drug-likeness (QED) is 0.102. The Balaban J connectivity index is 1.67. The molecular weight excluding hydrogens is 442 g/mol. The molecule has 4 aromatic rings. The molecule has 0 bridgehead atoms. The van der Waals surface area contributed by atoms with Crippen LogP contribution in [0.5, 0.6) is 0 Å². The number of ether oxygens (including phenoxy) is 1. The van der Waals surface area contributed by atoms with E-state index in [1.807, 2.05) is 18.2 Å². The van der Waals surface area contributed by atoms with Crippen LogP contribution in [0.3, 0.4) is 0 Å². The van der Waals surface area contributed by atoms with E-state index in [2.05, 4.69) is 34.1 Å². The number of benzene rings is 3. The molecule has 7 nitrogen and oxygen atoms in total. The third kappa shape index (κ3) is 3.30. The maximum Gasteiger partial charge on any atom is 0.302 e. The number of aryl methyl sites for hydroxylation is 1. The Hall–Kier alpha value is -4.13. The van der Waals surface area contributed by atoms with Gasteiger partial charge in [-0.25, -0.2) is 0 Å². The first-order valence-corrected chi connectivity index (χ1v) is 11.8. The second-order valence-electron chi connectivity index (χ2n) is 9.27. The summed E-state index contributed by atoms with van der Waals surface area (Å²) < 4.78 is 8.57. The van der Waals surface area contributed by atoms with Gasteiger partial charge >= 0.3 is 5.97 Å². The van der Waals surface area contributed by atoms with Crippen LogP contribution in [0.25, 0.3) is 32.9 Å². The number of carbonyl (C=O) groups excluding carboxylic acids is 2. The van der Waals surface area contributed by atoms with E-state index in [-0.39, 0.29) is 11.9 Å². The van der Waals surface area contributed by atoms with E-state index in [1.54, 1.807) is 13.3 Å². The zero-order valence-corrected chi connectivity index (χ0v) is 19.7. The fraction of sp³-hybridized carbons (Fsp3) is 0.250. The predicted molar refractivity (Wildman–Crippen MR) is 133 cm³/mol. The molecule has 0 spiro atoms. The zero-order chi connectivity index (χ0) is 24.3. The second-order valence-corrected chi connectivity index (χ2v) is 9.27. The zero-order valence-electron chi connectivity index (χ0n) is 19.7. The number of esters is 1. The molecule has 0 fully saturated rings. The van der Waals surface area contributed by atoms with Crippen LogP contribution in [-0.4, -0.2) is 46.3 Å². The minimum atomic E-state index is -0.278. The number of aromatic nitrogens is 1. The van der Waals surface area contributed by atoms with Gasteiger partial charge in [-0.2, -0.15) is 0 Å².